The molecule has 1 saturated carbocycles. The highest BCUT2D eigenvalue weighted by atomic mass is 19.4. The first-order chi connectivity index (χ1) is 8.69. The van der Waals surface area contributed by atoms with Gasteiger partial charge >= 0.3 is 12.4 Å². The first kappa shape index (κ1) is 14.1. The Labute approximate surface area is 104 Å². The van der Waals surface area contributed by atoms with E-state index in [1.807, 2.05) is 0 Å². The summed E-state index contributed by atoms with van der Waals surface area (Å²) < 4.78 is 74.8. The molecule has 9 heteroatoms. The minimum absolute atomic E-state index is 0.117. The van der Waals surface area contributed by atoms with Crippen molar-refractivity contribution in [3.8, 4) is 0 Å². The van der Waals surface area contributed by atoms with E-state index < -0.39 is 24.1 Å². The zero-order valence-corrected chi connectivity index (χ0v) is 9.65. The van der Waals surface area contributed by atoms with Crippen LogP contribution in [0.2, 0.25) is 0 Å². The highest BCUT2D eigenvalue weighted by Crippen LogP contribution is 2.45. The summed E-state index contributed by atoms with van der Waals surface area (Å²) in [6.07, 6.45) is -7.71. The van der Waals surface area contributed by atoms with Crippen LogP contribution in [0.3, 0.4) is 0 Å². The molecule has 1 aromatic rings. The second kappa shape index (κ2) is 4.68. The number of halogens is 6. The fraction of sp³-hybridized carbons (Fsp3) is 0.800. The van der Waals surface area contributed by atoms with Gasteiger partial charge in [-0.05, 0) is 12.8 Å². The Morgan fingerprint density at radius 3 is 2.00 bits per heavy atom. The van der Waals surface area contributed by atoms with E-state index in [4.69, 9.17) is 0 Å². The van der Waals surface area contributed by atoms with Gasteiger partial charge in [0, 0.05) is 5.92 Å². The van der Waals surface area contributed by atoms with E-state index in [1.54, 1.807) is 0 Å². The molecule has 0 spiro atoms. The third-order valence-corrected chi connectivity index (χ3v) is 3.17. The lowest BCUT2D eigenvalue weighted by Gasteiger charge is -2.19. The van der Waals surface area contributed by atoms with Crippen molar-refractivity contribution >= 4 is 0 Å². The molecule has 0 saturated heterocycles. The van der Waals surface area contributed by atoms with E-state index in [0.29, 0.717) is 12.8 Å². The number of nitrogens with one attached hydrogen (secondary N) is 1. The van der Waals surface area contributed by atoms with Crippen molar-refractivity contribution in [3.05, 3.63) is 11.6 Å². The molecule has 2 rings (SSSR count). The average Bonchev–Trinajstić information content (AvgIpc) is 2.80. The van der Waals surface area contributed by atoms with Crippen LogP contribution in [0, 0.1) is 0 Å². The van der Waals surface area contributed by atoms with Crippen molar-refractivity contribution in [1.82, 2.24) is 15.2 Å². The highest BCUT2D eigenvalue weighted by molar-refractivity contribution is 5.07. The van der Waals surface area contributed by atoms with Crippen LogP contribution >= 0.6 is 0 Å². The number of hydrogen-bond acceptors (Lipinski definition) is 2. The maximum Gasteiger partial charge on any atom is 0.407 e. The molecule has 1 heterocycles. The Kier molecular flexibility index (Phi) is 3.48. The molecule has 0 aliphatic heterocycles. The molecule has 1 N–H and O–H groups in total. The molecular formula is C10H11F6N3. The maximum absolute atomic E-state index is 12.5. The standard InChI is InChI=1S/C10H11F6N3/c11-9(12,13)6(10(14,15)16)8-17-7(18-19-8)5-3-1-2-4-5/h5-6H,1-4H2,(H,17,18,19). The molecule has 0 aromatic carbocycles. The minimum atomic E-state index is -5.45. The van der Waals surface area contributed by atoms with Gasteiger partial charge in [0.1, 0.15) is 5.82 Å². The number of nitrogens with zero attached hydrogens (tertiary/aromatic N) is 2. The van der Waals surface area contributed by atoms with Crippen molar-refractivity contribution in [2.24, 2.45) is 0 Å². The summed E-state index contributed by atoms with van der Waals surface area (Å²) in [5, 5.41) is 5.33. The first-order valence-corrected chi connectivity index (χ1v) is 5.75. The summed E-state index contributed by atoms with van der Waals surface area (Å²) in [6.45, 7) is 0. The summed E-state index contributed by atoms with van der Waals surface area (Å²) in [5.41, 5.74) is 0. The van der Waals surface area contributed by atoms with Gasteiger partial charge in [-0.15, -0.1) is 0 Å². The van der Waals surface area contributed by atoms with Gasteiger partial charge in [0.2, 0.25) is 5.92 Å². The van der Waals surface area contributed by atoms with E-state index in [2.05, 4.69) is 15.2 Å². The Morgan fingerprint density at radius 2 is 1.53 bits per heavy atom. The van der Waals surface area contributed by atoms with Gasteiger partial charge in [0.15, 0.2) is 5.82 Å². The van der Waals surface area contributed by atoms with Gasteiger partial charge in [-0.25, -0.2) is 4.98 Å². The number of rotatable bonds is 2. The molecule has 0 unspecified atom stereocenters. The SMILES string of the molecule is FC(F)(F)C(c1n[nH]c(C2CCCC2)n1)C(F)(F)F. The van der Waals surface area contributed by atoms with Crippen LogP contribution in [0.4, 0.5) is 26.3 Å². The predicted molar refractivity (Wildman–Crippen MR) is 52.4 cm³/mol. The fourth-order valence-corrected chi connectivity index (χ4v) is 2.28. The number of aromatic nitrogens is 3. The third kappa shape index (κ3) is 3.01. The Balaban J connectivity index is 2.28. The molecule has 19 heavy (non-hydrogen) atoms. The van der Waals surface area contributed by atoms with E-state index in [9.17, 15) is 26.3 Å². The number of alkyl halides is 6. The molecule has 0 bridgehead atoms. The first-order valence-electron chi connectivity index (χ1n) is 5.75. The second-order valence-corrected chi connectivity index (χ2v) is 4.58. The number of aromatic amines is 1. The van der Waals surface area contributed by atoms with Crippen molar-refractivity contribution < 1.29 is 26.3 Å². The Bertz CT molecular complexity index is 415. The second-order valence-electron chi connectivity index (χ2n) is 4.58. The van der Waals surface area contributed by atoms with Crippen LogP contribution in [-0.2, 0) is 0 Å². The summed E-state index contributed by atoms with van der Waals surface area (Å²) in [7, 11) is 0. The van der Waals surface area contributed by atoms with Crippen LogP contribution in [0.1, 0.15) is 49.2 Å². The molecule has 1 fully saturated rings. The van der Waals surface area contributed by atoms with Crippen LogP contribution in [0.15, 0.2) is 0 Å². The molecule has 0 amide bonds. The molecule has 3 nitrogen and oxygen atoms in total. The molecular weight excluding hydrogens is 276 g/mol. The lowest BCUT2D eigenvalue weighted by Crippen LogP contribution is -2.35. The normalized spacial score (nSPS) is 18.5. The van der Waals surface area contributed by atoms with Gasteiger partial charge in [0.25, 0.3) is 0 Å². The monoisotopic (exact) mass is 287 g/mol. The molecule has 0 radical (unpaired) electrons. The molecule has 1 aliphatic carbocycles. The topological polar surface area (TPSA) is 41.6 Å². The van der Waals surface area contributed by atoms with E-state index in [-0.39, 0.29) is 11.7 Å². The summed E-state index contributed by atoms with van der Waals surface area (Å²) in [5.74, 6) is -4.89. The lowest BCUT2D eigenvalue weighted by molar-refractivity contribution is -0.255. The molecule has 0 atom stereocenters. The van der Waals surface area contributed by atoms with Crippen molar-refractivity contribution in [2.45, 2.75) is 49.9 Å². The number of H-pyrrole nitrogens is 1. The van der Waals surface area contributed by atoms with Crippen LogP contribution in [0.25, 0.3) is 0 Å². The van der Waals surface area contributed by atoms with E-state index >= 15 is 0 Å². The smallest absolute Gasteiger partial charge is 0.263 e. The zero-order valence-electron chi connectivity index (χ0n) is 9.65. The van der Waals surface area contributed by atoms with Gasteiger partial charge < -0.3 is 0 Å². The summed E-state index contributed by atoms with van der Waals surface area (Å²) >= 11 is 0. The number of hydrogen-bond donors (Lipinski definition) is 1. The van der Waals surface area contributed by atoms with Crippen LogP contribution in [0.5, 0.6) is 0 Å². The van der Waals surface area contributed by atoms with Crippen molar-refractivity contribution in [3.63, 3.8) is 0 Å². The van der Waals surface area contributed by atoms with E-state index in [0.717, 1.165) is 12.8 Å². The van der Waals surface area contributed by atoms with Crippen molar-refractivity contribution in [2.75, 3.05) is 0 Å². The fourth-order valence-electron chi connectivity index (χ4n) is 2.28. The van der Waals surface area contributed by atoms with E-state index in [1.165, 1.54) is 0 Å². The third-order valence-electron chi connectivity index (χ3n) is 3.17. The molecule has 1 aromatic heterocycles. The largest absolute Gasteiger partial charge is 0.407 e. The van der Waals surface area contributed by atoms with Crippen LogP contribution < -0.4 is 0 Å². The predicted octanol–water partition coefficient (Wildman–Crippen LogP) is 3.67. The molecule has 108 valence electrons. The maximum atomic E-state index is 12.5. The summed E-state index contributed by atoms with van der Waals surface area (Å²) in [6, 6.07) is 0. The van der Waals surface area contributed by atoms with Crippen LogP contribution in [-0.4, -0.2) is 27.5 Å². The summed E-state index contributed by atoms with van der Waals surface area (Å²) in [4.78, 5) is 3.42. The average molecular weight is 287 g/mol. The van der Waals surface area contributed by atoms with Gasteiger partial charge in [-0.3, -0.25) is 5.10 Å². The molecule has 1 aliphatic rings. The Morgan fingerprint density at radius 1 is 1.00 bits per heavy atom. The highest BCUT2D eigenvalue weighted by Gasteiger charge is 2.59. The van der Waals surface area contributed by atoms with Gasteiger partial charge in [-0.1, -0.05) is 12.8 Å². The quantitative estimate of drug-likeness (QED) is 0.843. The minimum Gasteiger partial charge on any atom is -0.263 e. The Hall–Kier alpha value is -1.28. The lowest BCUT2D eigenvalue weighted by atomic mass is 10.1. The van der Waals surface area contributed by atoms with Gasteiger partial charge in [-0.2, -0.15) is 31.4 Å². The van der Waals surface area contributed by atoms with Crippen molar-refractivity contribution in [1.29, 1.82) is 0 Å². The van der Waals surface area contributed by atoms with Gasteiger partial charge in [0.05, 0.1) is 0 Å². The zero-order chi connectivity index (χ0) is 14.3.